The summed E-state index contributed by atoms with van der Waals surface area (Å²) >= 11 is 0. The number of nitrogens with zero attached hydrogens (tertiary/aromatic N) is 2. The van der Waals surface area contributed by atoms with Gasteiger partial charge in [0, 0.05) is 17.3 Å². The SMILES string of the molecule is N#Cc1cccc(CN2C(=O)C3(COc4cc5c(cc43)OCCO5)c3ccccc32)c1. The smallest absolute Gasteiger partial charge is 0.246 e. The van der Waals surface area contributed by atoms with Crippen LogP contribution in [0, 0.1) is 11.3 Å². The lowest BCUT2D eigenvalue weighted by molar-refractivity contribution is -0.122. The molecule has 0 saturated heterocycles. The van der Waals surface area contributed by atoms with Crippen LogP contribution in [-0.2, 0) is 16.8 Å². The maximum absolute atomic E-state index is 14.0. The van der Waals surface area contributed by atoms with Crippen LogP contribution in [0.5, 0.6) is 17.2 Å². The molecule has 1 atom stereocenters. The van der Waals surface area contributed by atoms with Crippen LogP contribution in [0.2, 0.25) is 0 Å². The second-order valence-electron chi connectivity index (χ2n) is 7.91. The van der Waals surface area contributed by atoms with Crippen molar-refractivity contribution in [3.8, 4) is 23.3 Å². The Bertz CT molecular complexity index is 1280. The minimum absolute atomic E-state index is 0.0357. The molecule has 3 aromatic carbocycles. The van der Waals surface area contributed by atoms with E-state index < -0.39 is 5.41 Å². The van der Waals surface area contributed by atoms with Gasteiger partial charge in [-0.15, -0.1) is 0 Å². The zero-order chi connectivity index (χ0) is 21.0. The third-order valence-electron chi connectivity index (χ3n) is 6.21. The summed E-state index contributed by atoms with van der Waals surface area (Å²) in [5.41, 5.74) is 3.15. The molecule has 31 heavy (non-hydrogen) atoms. The van der Waals surface area contributed by atoms with Crippen LogP contribution in [-0.4, -0.2) is 25.7 Å². The van der Waals surface area contributed by atoms with Gasteiger partial charge in [0.1, 0.15) is 31.0 Å². The number of carbonyl (C=O) groups is 1. The fourth-order valence-electron chi connectivity index (χ4n) is 4.79. The number of carbonyl (C=O) groups excluding carboxylic acids is 1. The van der Waals surface area contributed by atoms with E-state index in [2.05, 4.69) is 6.07 Å². The summed E-state index contributed by atoms with van der Waals surface area (Å²) in [5, 5.41) is 9.24. The lowest BCUT2D eigenvalue weighted by atomic mass is 9.77. The second-order valence-corrected chi connectivity index (χ2v) is 7.91. The van der Waals surface area contributed by atoms with E-state index in [1.807, 2.05) is 54.6 Å². The minimum atomic E-state index is -0.922. The summed E-state index contributed by atoms with van der Waals surface area (Å²) < 4.78 is 17.5. The number of nitriles is 1. The Balaban J connectivity index is 1.48. The highest BCUT2D eigenvalue weighted by Crippen LogP contribution is 2.54. The van der Waals surface area contributed by atoms with Crippen molar-refractivity contribution in [1.82, 2.24) is 0 Å². The molecule has 6 nitrogen and oxygen atoms in total. The van der Waals surface area contributed by atoms with Crippen LogP contribution in [0.3, 0.4) is 0 Å². The number of para-hydroxylation sites is 1. The Kier molecular flexibility index (Phi) is 3.75. The summed E-state index contributed by atoms with van der Waals surface area (Å²) in [7, 11) is 0. The van der Waals surface area contributed by atoms with Crippen molar-refractivity contribution in [3.05, 3.63) is 82.9 Å². The molecule has 0 N–H and O–H groups in total. The van der Waals surface area contributed by atoms with Gasteiger partial charge in [0.2, 0.25) is 5.91 Å². The van der Waals surface area contributed by atoms with Crippen molar-refractivity contribution in [2.45, 2.75) is 12.0 Å². The lowest BCUT2D eigenvalue weighted by Gasteiger charge is -2.24. The van der Waals surface area contributed by atoms with Crippen molar-refractivity contribution >= 4 is 11.6 Å². The van der Waals surface area contributed by atoms with Crippen molar-refractivity contribution in [2.75, 3.05) is 24.7 Å². The fraction of sp³-hybridized carbons (Fsp3) is 0.200. The third-order valence-corrected chi connectivity index (χ3v) is 6.21. The number of hydrogen-bond donors (Lipinski definition) is 0. The summed E-state index contributed by atoms with van der Waals surface area (Å²) in [6.07, 6.45) is 0. The quantitative estimate of drug-likeness (QED) is 0.646. The predicted molar refractivity (Wildman–Crippen MR) is 112 cm³/mol. The average molecular weight is 410 g/mol. The minimum Gasteiger partial charge on any atom is -0.491 e. The van der Waals surface area contributed by atoms with Crippen LogP contribution in [0.25, 0.3) is 0 Å². The van der Waals surface area contributed by atoms with E-state index in [1.54, 1.807) is 11.0 Å². The van der Waals surface area contributed by atoms with E-state index in [9.17, 15) is 10.1 Å². The van der Waals surface area contributed by atoms with E-state index in [0.717, 1.165) is 22.4 Å². The highest BCUT2D eigenvalue weighted by atomic mass is 16.6. The first-order chi connectivity index (χ1) is 15.2. The molecular weight excluding hydrogens is 392 g/mol. The first kappa shape index (κ1) is 17.8. The number of fused-ring (bicyclic) bond motifs is 5. The van der Waals surface area contributed by atoms with Crippen molar-refractivity contribution < 1.29 is 19.0 Å². The lowest BCUT2D eigenvalue weighted by Crippen LogP contribution is -2.42. The summed E-state index contributed by atoms with van der Waals surface area (Å²) in [6, 6.07) is 21.1. The van der Waals surface area contributed by atoms with Gasteiger partial charge >= 0.3 is 0 Å². The van der Waals surface area contributed by atoms with Gasteiger partial charge in [-0.3, -0.25) is 4.79 Å². The number of anilines is 1. The van der Waals surface area contributed by atoms with Crippen LogP contribution in [0.15, 0.2) is 60.7 Å². The van der Waals surface area contributed by atoms with Gasteiger partial charge in [0.05, 0.1) is 18.2 Å². The number of ether oxygens (including phenoxy) is 3. The predicted octanol–water partition coefficient (Wildman–Crippen LogP) is 3.55. The largest absolute Gasteiger partial charge is 0.491 e. The number of amides is 1. The molecule has 6 heteroatoms. The molecule has 0 bridgehead atoms. The van der Waals surface area contributed by atoms with Crippen molar-refractivity contribution in [3.63, 3.8) is 0 Å². The van der Waals surface area contributed by atoms with Gasteiger partial charge in [-0.25, -0.2) is 0 Å². The molecule has 3 aliphatic rings. The van der Waals surface area contributed by atoms with Gasteiger partial charge in [-0.2, -0.15) is 5.26 Å². The van der Waals surface area contributed by atoms with Gasteiger partial charge < -0.3 is 19.1 Å². The maximum Gasteiger partial charge on any atom is 0.246 e. The molecule has 1 amide bonds. The molecular formula is C25H18N2O4. The topological polar surface area (TPSA) is 71.8 Å². The molecule has 0 radical (unpaired) electrons. The Labute approximate surface area is 179 Å². The van der Waals surface area contributed by atoms with E-state index in [-0.39, 0.29) is 12.5 Å². The molecule has 1 unspecified atom stereocenters. The number of rotatable bonds is 2. The van der Waals surface area contributed by atoms with E-state index in [1.165, 1.54) is 0 Å². The molecule has 0 saturated carbocycles. The number of hydrogen-bond acceptors (Lipinski definition) is 5. The van der Waals surface area contributed by atoms with Gasteiger partial charge in [-0.1, -0.05) is 30.3 Å². The molecule has 0 aromatic heterocycles. The van der Waals surface area contributed by atoms with Gasteiger partial charge in [0.25, 0.3) is 0 Å². The fourth-order valence-corrected chi connectivity index (χ4v) is 4.79. The van der Waals surface area contributed by atoms with Crippen LogP contribution in [0.4, 0.5) is 5.69 Å². The van der Waals surface area contributed by atoms with E-state index in [0.29, 0.717) is 42.6 Å². The molecule has 3 aromatic rings. The van der Waals surface area contributed by atoms with Gasteiger partial charge in [-0.05, 0) is 35.4 Å². The maximum atomic E-state index is 14.0. The highest BCUT2D eigenvalue weighted by molar-refractivity contribution is 6.11. The van der Waals surface area contributed by atoms with E-state index in [4.69, 9.17) is 14.2 Å². The zero-order valence-electron chi connectivity index (χ0n) is 16.6. The van der Waals surface area contributed by atoms with Gasteiger partial charge in [0.15, 0.2) is 11.5 Å². The summed E-state index contributed by atoms with van der Waals surface area (Å²) in [4.78, 5) is 15.8. The molecule has 1 spiro atoms. The average Bonchev–Trinajstić information content (AvgIpc) is 3.30. The normalized spacial score (nSPS) is 20.2. The molecule has 0 aliphatic carbocycles. The summed E-state index contributed by atoms with van der Waals surface area (Å²) in [6.45, 7) is 1.59. The standard InChI is InChI=1S/C25H18N2O4/c26-13-16-4-3-5-17(10-16)14-27-20-7-2-1-6-18(20)25(24(27)28)15-31-21-12-23-22(11-19(21)25)29-8-9-30-23/h1-7,10-12H,8-9,14-15H2. The molecule has 3 heterocycles. The second kappa shape index (κ2) is 6.51. The van der Waals surface area contributed by atoms with Crippen LogP contribution < -0.4 is 19.1 Å². The monoisotopic (exact) mass is 410 g/mol. The Morgan fingerprint density at radius 3 is 2.55 bits per heavy atom. The Morgan fingerprint density at radius 2 is 1.71 bits per heavy atom. The Morgan fingerprint density at radius 1 is 0.903 bits per heavy atom. The highest BCUT2D eigenvalue weighted by Gasteiger charge is 2.57. The molecule has 6 rings (SSSR count). The zero-order valence-corrected chi connectivity index (χ0v) is 16.6. The number of benzene rings is 3. The van der Waals surface area contributed by atoms with Crippen molar-refractivity contribution in [1.29, 1.82) is 5.26 Å². The summed E-state index contributed by atoms with van der Waals surface area (Å²) in [5.74, 6) is 1.90. The molecule has 0 fully saturated rings. The first-order valence-electron chi connectivity index (χ1n) is 10.2. The molecule has 3 aliphatic heterocycles. The van der Waals surface area contributed by atoms with Crippen LogP contribution in [0.1, 0.15) is 22.3 Å². The third kappa shape index (κ3) is 2.47. The Hall–Kier alpha value is -3.98. The first-order valence-corrected chi connectivity index (χ1v) is 10.2. The molecule has 152 valence electrons. The van der Waals surface area contributed by atoms with Crippen LogP contribution >= 0.6 is 0 Å². The van der Waals surface area contributed by atoms with Crippen molar-refractivity contribution in [2.24, 2.45) is 0 Å². The van der Waals surface area contributed by atoms with E-state index >= 15 is 0 Å².